The Bertz CT molecular complexity index is 283. The molecule has 0 radical (unpaired) electrons. The second kappa shape index (κ2) is 6.16. The zero-order valence-corrected chi connectivity index (χ0v) is 8.07. The third-order valence-corrected chi connectivity index (χ3v) is 2.08. The summed E-state index contributed by atoms with van der Waals surface area (Å²) < 4.78 is 0. The second-order valence-corrected chi connectivity index (χ2v) is 3.13. The van der Waals surface area contributed by atoms with Crippen molar-refractivity contribution in [2.75, 3.05) is 6.61 Å². The maximum atomic E-state index is 10.7. The molecule has 0 bridgehead atoms. The van der Waals surface area contributed by atoms with E-state index in [1.807, 2.05) is 35.5 Å². The topological polar surface area (TPSA) is 57.3 Å². The molecular weight excluding hydrogens is 178 g/mol. The van der Waals surface area contributed by atoms with Crippen LogP contribution >= 0.6 is 0 Å². The fourth-order valence-corrected chi connectivity index (χ4v) is 1.31. The van der Waals surface area contributed by atoms with Crippen molar-refractivity contribution in [3.05, 3.63) is 41.1 Å². The van der Waals surface area contributed by atoms with E-state index < -0.39 is 0 Å². The van der Waals surface area contributed by atoms with Crippen LogP contribution in [-0.2, 0) is 0 Å². The molecule has 2 N–H and O–H groups in total. The van der Waals surface area contributed by atoms with Crippen LogP contribution in [0, 0.1) is 5.21 Å². The van der Waals surface area contributed by atoms with Crippen LogP contribution in [0.25, 0.3) is 0 Å². The highest BCUT2D eigenvalue weighted by Gasteiger charge is 2.06. The van der Waals surface area contributed by atoms with Gasteiger partial charge in [0.15, 0.2) is 5.71 Å². The van der Waals surface area contributed by atoms with Gasteiger partial charge in [-0.1, -0.05) is 18.2 Å². The predicted octanol–water partition coefficient (Wildman–Crippen LogP) is 0.217. The van der Waals surface area contributed by atoms with Gasteiger partial charge in [-0.3, -0.25) is 0 Å². The van der Waals surface area contributed by atoms with Gasteiger partial charge in [0.1, 0.15) is 0 Å². The molecule has 0 amide bonds. The summed E-state index contributed by atoms with van der Waals surface area (Å²) in [6, 6.07) is 9.52. The number of nitrogens with one attached hydrogen (secondary N) is 1. The summed E-state index contributed by atoms with van der Waals surface area (Å²) in [5.74, 6) is 0. The molecule has 0 aliphatic carbocycles. The second-order valence-electron chi connectivity index (χ2n) is 3.13. The van der Waals surface area contributed by atoms with Gasteiger partial charge in [0.2, 0.25) is 0 Å². The van der Waals surface area contributed by atoms with Crippen molar-refractivity contribution in [2.45, 2.75) is 19.3 Å². The van der Waals surface area contributed by atoms with Crippen LogP contribution in [0.2, 0.25) is 0 Å². The summed E-state index contributed by atoms with van der Waals surface area (Å²) in [6.45, 7) is 0.181. The van der Waals surface area contributed by atoms with E-state index in [2.05, 4.69) is 0 Å². The first-order chi connectivity index (χ1) is 6.88. The highest BCUT2D eigenvalue weighted by Crippen LogP contribution is 2.04. The van der Waals surface area contributed by atoms with E-state index in [4.69, 9.17) is 5.11 Å². The smallest absolute Gasteiger partial charge is 0.192 e. The van der Waals surface area contributed by atoms with Gasteiger partial charge in [-0.05, 0) is 25.0 Å². The van der Waals surface area contributed by atoms with Gasteiger partial charge < -0.3 is 10.3 Å². The predicted molar refractivity (Wildman–Crippen MR) is 55.8 cm³/mol. The van der Waals surface area contributed by atoms with Gasteiger partial charge >= 0.3 is 0 Å². The lowest BCUT2D eigenvalue weighted by Crippen LogP contribution is -2.65. The van der Waals surface area contributed by atoms with Crippen molar-refractivity contribution < 1.29 is 10.3 Å². The molecule has 0 spiro atoms. The molecule has 1 rings (SSSR count). The molecule has 0 atom stereocenters. The Hall–Kier alpha value is -1.35. The Morgan fingerprint density at radius 1 is 1.21 bits per heavy atom. The molecule has 0 heterocycles. The van der Waals surface area contributed by atoms with E-state index in [0.717, 1.165) is 18.4 Å². The summed E-state index contributed by atoms with van der Waals surface area (Å²) in [5.41, 5.74) is 1.62. The number of benzene rings is 1. The van der Waals surface area contributed by atoms with E-state index in [1.54, 1.807) is 0 Å². The minimum absolute atomic E-state index is 0.181. The summed E-state index contributed by atoms with van der Waals surface area (Å²) in [6.07, 6.45) is 2.25. The van der Waals surface area contributed by atoms with Crippen molar-refractivity contribution in [1.29, 1.82) is 0 Å². The van der Waals surface area contributed by atoms with Crippen molar-refractivity contribution in [2.24, 2.45) is 0 Å². The quantitative estimate of drug-likeness (QED) is 0.304. The van der Waals surface area contributed by atoms with E-state index in [1.165, 1.54) is 0 Å². The molecular formula is C11H15NO2. The molecule has 1 aromatic rings. The van der Waals surface area contributed by atoms with Crippen molar-refractivity contribution in [3.63, 3.8) is 0 Å². The number of hydrogen-bond donors (Lipinski definition) is 2. The van der Waals surface area contributed by atoms with Crippen LogP contribution in [0.4, 0.5) is 0 Å². The van der Waals surface area contributed by atoms with E-state index in [0.29, 0.717) is 12.1 Å². The van der Waals surface area contributed by atoms with Gasteiger partial charge in [0.05, 0.1) is 0 Å². The third kappa shape index (κ3) is 3.18. The molecule has 0 fully saturated rings. The van der Waals surface area contributed by atoms with E-state index in [9.17, 15) is 5.21 Å². The molecule has 0 unspecified atom stereocenters. The largest absolute Gasteiger partial charge is 0.625 e. The zero-order chi connectivity index (χ0) is 10.2. The molecule has 0 aliphatic rings. The Morgan fingerprint density at radius 2 is 1.93 bits per heavy atom. The standard InChI is InChI=1S/C11H15NO2/c13-9-5-4-8-11(12-14)10-6-2-1-3-7-10/h1-3,6-7,12-13H,4-5,8-9H2. The maximum absolute atomic E-state index is 10.7. The van der Waals surface area contributed by atoms with Gasteiger partial charge in [-0.25, -0.2) is 5.16 Å². The summed E-state index contributed by atoms with van der Waals surface area (Å²) in [5, 5.41) is 21.3. The lowest BCUT2D eigenvalue weighted by Gasteiger charge is -2.01. The number of hydrogen-bond acceptors (Lipinski definition) is 2. The summed E-state index contributed by atoms with van der Waals surface area (Å²) in [4.78, 5) is 0. The average Bonchev–Trinajstić information content (AvgIpc) is 2.26. The molecule has 1 aromatic carbocycles. The normalized spacial score (nSPS) is 11.6. The highest BCUT2D eigenvalue weighted by atomic mass is 16.4. The first kappa shape index (κ1) is 10.7. The molecule has 14 heavy (non-hydrogen) atoms. The molecule has 0 aromatic heterocycles. The van der Waals surface area contributed by atoms with Gasteiger partial charge in [0.25, 0.3) is 0 Å². The van der Waals surface area contributed by atoms with Crippen LogP contribution < -0.4 is 5.16 Å². The Labute approximate surface area is 83.7 Å². The number of aliphatic hydroxyl groups is 1. The fraction of sp³-hybridized carbons (Fsp3) is 0.364. The van der Waals surface area contributed by atoms with Crippen molar-refractivity contribution in [3.8, 4) is 0 Å². The first-order valence-corrected chi connectivity index (χ1v) is 4.78. The van der Waals surface area contributed by atoms with Gasteiger partial charge in [-0.15, -0.1) is 0 Å². The van der Waals surface area contributed by atoms with Crippen LogP contribution in [0.15, 0.2) is 30.3 Å². The van der Waals surface area contributed by atoms with Crippen LogP contribution in [0.5, 0.6) is 0 Å². The monoisotopic (exact) mass is 193 g/mol. The maximum Gasteiger partial charge on any atom is 0.192 e. The molecule has 0 saturated heterocycles. The van der Waals surface area contributed by atoms with Crippen LogP contribution in [0.3, 0.4) is 0 Å². The van der Waals surface area contributed by atoms with Crippen LogP contribution in [-0.4, -0.2) is 17.4 Å². The molecule has 76 valence electrons. The van der Waals surface area contributed by atoms with E-state index in [-0.39, 0.29) is 6.61 Å². The molecule has 0 saturated carbocycles. The molecule has 0 aliphatic heterocycles. The lowest BCUT2D eigenvalue weighted by atomic mass is 10.1. The number of unbranched alkanes of at least 4 members (excludes halogenated alkanes) is 1. The number of rotatable bonds is 5. The van der Waals surface area contributed by atoms with Crippen molar-refractivity contribution in [1.82, 2.24) is 0 Å². The van der Waals surface area contributed by atoms with Gasteiger partial charge in [0, 0.05) is 18.6 Å². The molecule has 3 nitrogen and oxygen atoms in total. The third-order valence-electron chi connectivity index (χ3n) is 2.08. The molecule has 3 heteroatoms. The minimum atomic E-state index is 0.181. The zero-order valence-electron chi connectivity index (χ0n) is 8.07. The number of aliphatic hydroxyl groups excluding tert-OH is 1. The van der Waals surface area contributed by atoms with Crippen molar-refractivity contribution >= 4 is 5.71 Å². The fourth-order valence-electron chi connectivity index (χ4n) is 1.31. The lowest BCUT2D eigenvalue weighted by molar-refractivity contribution is -0.374. The van der Waals surface area contributed by atoms with Crippen LogP contribution in [0.1, 0.15) is 24.8 Å². The van der Waals surface area contributed by atoms with Gasteiger partial charge in [-0.2, -0.15) is 0 Å². The first-order valence-electron chi connectivity index (χ1n) is 4.78. The summed E-state index contributed by atoms with van der Waals surface area (Å²) in [7, 11) is 0. The minimum Gasteiger partial charge on any atom is -0.625 e. The highest BCUT2D eigenvalue weighted by molar-refractivity contribution is 5.96. The Kier molecular flexibility index (Phi) is 4.72. The SMILES string of the molecule is [O-][NH+]=C(CCCCO)c1ccccc1. The average molecular weight is 193 g/mol. The van der Waals surface area contributed by atoms with E-state index >= 15 is 0 Å². The summed E-state index contributed by atoms with van der Waals surface area (Å²) >= 11 is 0. The Morgan fingerprint density at radius 3 is 2.50 bits per heavy atom. The Balaban J connectivity index is 2.56.